The Bertz CT molecular complexity index is 488. The van der Waals surface area contributed by atoms with Crippen LogP contribution in [0, 0.1) is 11.8 Å². The van der Waals surface area contributed by atoms with Gasteiger partial charge in [-0.3, -0.25) is 0 Å². The van der Waals surface area contributed by atoms with Crippen molar-refractivity contribution in [2.75, 3.05) is 0 Å². The highest BCUT2D eigenvalue weighted by Gasteiger charge is 2.45. The second-order valence-electron chi connectivity index (χ2n) is 5.61. The Hall–Kier alpha value is -1.34. The van der Waals surface area contributed by atoms with Crippen LogP contribution in [0.3, 0.4) is 0 Å². The van der Waals surface area contributed by atoms with Gasteiger partial charge in [-0.25, -0.2) is 0 Å². The largest absolute Gasteiger partial charge is 0.385 e. The molecule has 18 heavy (non-hydrogen) atoms. The summed E-state index contributed by atoms with van der Waals surface area (Å²) in [5.41, 5.74) is 1.68. The van der Waals surface area contributed by atoms with Crippen LogP contribution in [0.15, 0.2) is 49.1 Å². The fourth-order valence-electron chi connectivity index (χ4n) is 3.58. The SMILES string of the molecule is C=CCc1ccccc1[C@]1(O)C[C@@H]2C=C[C@H]1CC2. The van der Waals surface area contributed by atoms with Crippen LogP contribution in [-0.2, 0) is 12.0 Å². The van der Waals surface area contributed by atoms with Crippen molar-refractivity contribution in [1.82, 2.24) is 0 Å². The molecule has 94 valence electrons. The Morgan fingerprint density at radius 1 is 1.28 bits per heavy atom. The monoisotopic (exact) mass is 240 g/mol. The Kier molecular flexibility index (Phi) is 2.87. The number of hydrogen-bond acceptors (Lipinski definition) is 1. The van der Waals surface area contributed by atoms with Gasteiger partial charge in [-0.1, -0.05) is 42.5 Å². The van der Waals surface area contributed by atoms with Gasteiger partial charge in [-0.05, 0) is 42.7 Å². The first-order valence-electron chi connectivity index (χ1n) is 6.84. The fraction of sp³-hybridized carbons (Fsp3) is 0.412. The molecule has 1 aromatic rings. The molecule has 4 rings (SSSR count). The van der Waals surface area contributed by atoms with Crippen molar-refractivity contribution in [3.8, 4) is 0 Å². The third-order valence-corrected chi connectivity index (χ3v) is 4.50. The summed E-state index contributed by atoms with van der Waals surface area (Å²) in [5.74, 6) is 0.838. The average Bonchev–Trinajstić information content (AvgIpc) is 2.41. The predicted molar refractivity (Wildman–Crippen MR) is 74.2 cm³/mol. The van der Waals surface area contributed by atoms with E-state index in [0.29, 0.717) is 5.92 Å². The van der Waals surface area contributed by atoms with Crippen LogP contribution in [0.4, 0.5) is 0 Å². The number of fused-ring (bicyclic) bond motifs is 2. The van der Waals surface area contributed by atoms with Crippen molar-refractivity contribution in [3.05, 3.63) is 60.2 Å². The van der Waals surface area contributed by atoms with Gasteiger partial charge in [0.25, 0.3) is 0 Å². The third-order valence-electron chi connectivity index (χ3n) is 4.50. The lowest BCUT2D eigenvalue weighted by molar-refractivity contribution is -0.0557. The van der Waals surface area contributed by atoms with E-state index in [1.54, 1.807) is 0 Å². The van der Waals surface area contributed by atoms with Gasteiger partial charge in [-0.2, -0.15) is 0 Å². The van der Waals surface area contributed by atoms with E-state index in [2.05, 4.69) is 30.9 Å². The zero-order valence-corrected chi connectivity index (χ0v) is 10.7. The average molecular weight is 240 g/mol. The first-order valence-corrected chi connectivity index (χ1v) is 6.84. The summed E-state index contributed by atoms with van der Waals surface area (Å²) in [4.78, 5) is 0. The molecule has 1 aromatic carbocycles. The van der Waals surface area contributed by atoms with E-state index < -0.39 is 5.60 Å². The van der Waals surface area contributed by atoms with Gasteiger partial charge in [0.15, 0.2) is 0 Å². The summed E-state index contributed by atoms with van der Waals surface area (Å²) >= 11 is 0. The molecule has 0 radical (unpaired) electrons. The number of aliphatic hydroxyl groups is 1. The summed E-state index contributed by atoms with van der Waals surface area (Å²) in [6.07, 6.45) is 10.5. The maximum Gasteiger partial charge on any atom is 0.0967 e. The lowest BCUT2D eigenvalue weighted by atomic mass is 9.63. The molecule has 1 fully saturated rings. The molecule has 3 aliphatic carbocycles. The first kappa shape index (κ1) is 11.7. The summed E-state index contributed by atoms with van der Waals surface area (Å²) < 4.78 is 0. The van der Waals surface area contributed by atoms with Crippen LogP contribution < -0.4 is 0 Å². The fourth-order valence-corrected chi connectivity index (χ4v) is 3.58. The number of rotatable bonds is 3. The lowest BCUT2D eigenvalue weighted by Crippen LogP contribution is -2.43. The Morgan fingerprint density at radius 3 is 2.72 bits per heavy atom. The molecule has 0 spiro atoms. The Labute approximate surface area is 109 Å². The molecule has 0 aliphatic heterocycles. The van der Waals surface area contributed by atoms with Gasteiger partial charge in [0.05, 0.1) is 5.60 Å². The van der Waals surface area contributed by atoms with Gasteiger partial charge >= 0.3 is 0 Å². The van der Waals surface area contributed by atoms with E-state index in [9.17, 15) is 5.11 Å². The zero-order chi connectivity index (χ0) is 12.6. The van der Waals surface area contributed by atoms with E-state index in [0.717, 1.165) is 24.8 Å². The molecule has 0 aromatic heterocycles. The summed E-state index contributed by atoms with van der Waals surface area (Å²) in [6, 6.07) is 8.28. The minimum Gasteiger partial charge on any atom is -0.385 e. The van der Waals surface area contributed by atoms with E-state index in [4.69, 9.17) is 0 Å². The van der Waals surface area contributed by atoms with Crippen molar-refractivity contribution in [3.63, 3.8) is 0 Å². The van der Waals surface area contributed by atoms with Gasteiger partial charge < -0.3 is 5.11 Å². The molecular formula is C17H20O. The van der Waals surface area contributed by atoms with Crippen LogP contribution in [-0.4, -0.2) is 5.11 Å². The minimum absolute atomic E-state index is 0.286. The maximum atomic E-state index is 11.2. The molecule has 1 N–H and O–H groups in total. The van der Waals surface area contributed by atoms with Crippen LogP contribution >= 0.6 is 0 Å². The molecule has 3 atom stereocenters. The summed E-state index contributed by atoms with van der Waals surface area (Å²) in [5, 5.41) is 11.2. The van der Waals surface area contributed by atoms with Crippen LogP contribution in [0.25, 0.3) is 0 Å². The maximum absolute atomic E-state index is 11.2. The highest BCUT2D eigenvalue weighted by Crippen LogP contribution is 2.49. The van der Waals surface area contributed by atoms with Gasteiger partial charge in [0.2, 0.25) is 0 Å². The van der Waals surface area contributed by atoms with Gasteiger partial charge in [0, 0.05) is 5.92 Å². The van der Waals surface area contributed by atoms with E-state index in [1.807, 2.05) is 18.2 Å². The highest BCUT2D eigenvalue weighted by atomic mass is 16.3. The van der Waals surface area contributed by atoms with Crippen LogP contribution in [0.2, 0.25) is 0 Å². The normalized spacial score (nSPS) is 33.6. The van der Waals surface area contributed by atoms with Gasteiger partial charge in [0.1, 0.15) is 0 Å². The van der Waals surface area contributed by atoms with Gasteiger partial charge in [-0.15, -0.1) is 6.58 Å². The molecular weight excluding hydrogens is 220 g/mol. The summed E-state index contributed by atoms with van der Waals surface area (Å²) in [7, 11) is 0. The topological polar surface area (TPSA) is 20.2 Å². The second kappa shape index (κ2) is 4.40. The number of allylic oxidation sites excluding steroid dienone is 2. The Morgan fingerprint density at radius 2 is 2.11 bits per heavy atom. The van der Waals surface area contributed by atoms with Crippen molar-refractivity contribution < 1.29 is 5.11 Å². The quantitative estimate of drug-likeness (QED) is 0.800. The second-order valence-corrected chi connectivity index (χ2v) is 5.61. The van der Waals surface area contributed by atoms with Crippen molar-refractivity contribution >= 4 is 0 Å². The van der Waals surface area contributed by atoms with Crippen molar-refractivity contribution in [2.24, 2.45) is 11.8 Å². The molecule has 0 saturated heterocycles. The van der Waals surface area contributed by atoms with E-state index in [1.165, 1.54) is 12.0 Å². The molecule has 0 amide bonds. The molecule has 0 unspecified atom stereocenters. The molecule has 1 nitrogen and oxygen atoms in total. The first-order chi connectivity index (χ1) is 8.74. The third kappa shape index (κ3) is 1.74. The van der Waals surface area contributed by atoms with E-state index in [-0.39, 0.29) is 5.92 Å². The van der Waals surface area contributed by atoms with Crippen molar-refractivity contribution in [2.45, 2.75) is 31.3 Å². The highest BCUT2D eigenvalue weighted by molar-refractivity contribution is 5.37. The molecule has 1 saturated carbocycles. The van der Waals surface area contributed by atoms with Crippen LogP contribution in [0.1, 0.15) is 30.4 Å². The lowest BCUT2D eigenvalue weighted by Gasteiger charge is -2.46. The van der Waals surface area contributed by atoms with Crippen molar-refractivity contribution in [1.29, 1.82) is 0 Å². The van der Waals surface area contributed by atoms with Crippen LogP contribution in [0.5, 0.6) is 0 Å². The zero-order valence-electron chi connectivity index (χ0n) is 10.7. The predicted octanol–water partition coefficient (Wildman–Crippen LogP) is 3.59. The minimum atomic E-state index is -0.655. The number of hydrogen-bond donors (Lipinski definition) is 1. The summed E-state index contributed by atoms with van der Waals surface area (Å²) in [6.45, 7) is 3.82. The molecule has 0 heterocycles. The smallest absolute Gasteiger partial charge is 0.0967 e. The molecule has 3 aliphatic rings. The molecule has 1 heteroatoms. The standard InChI is InChI=1S/C17H20O/c1-2-5-14-6-3-4-7-16(14)17(18)12-13-8-10-15(17)11-9-13/h2-4,6-8,10,13,15,18H,1,5,9,11-12H2/t13-,15+,17+/m1/s1. The molecule has 2 bridgehead atoms. The van der Waals surface area contributed by atoms with E-state index >= 15 is 0 Å². The number of benzene rings is 1. The Balaban J connectivity index is 2.04.